The predicted octanol–water partition coefficient (Wildman–Crippen LogP) is 2.48. The molecule has 0 aromatic heterocycles. The summed E-state index contributed by atoms with van der Waals surface area (Å²) in [5.74, 6) is 2.09. The highest BCUT2D eigenvalue weighted by Crippen LogP contribution is 1.98. The van der Waals surface area contributed by atoms with Crippen molar-refractivity contribution in [3.8, 4) is 0 Å². The van der Waals surface area contributed by atoms with Crippen molar-refractivity contribution < 1.29 is 0 Å². The lowest BCUT2D eigenvalue weighted by molar-refractivity contribution is 0.671. The molecule has 0 aliphatic rings. The van der Waals surface area contributed by atoms with Crippen LogP contribution in [0.5, 0.6) is 0 Å². The number of nitrogens with zero attached hydrogens (tertiary/aromatic N) is 1. The molecular formula is C12H27N3S. The molecule has 0 saturated carbocycles. The van der Waals surface area contributed by atoms with Gasteiger partial charge in [0, 0.05) is 25.4 Å². The molecule has 0 heterocycles. The Bertz CT molecular complexity index is 172. The van der Waals surface area contributed by atoms with Crippen LogP contribution in [0.3, 0.4) is 0 Å². The van der Waals surface area contributed by atoms with Crippen molar-refractivity contribution in [2.45, 2.75) is 39.5 Å². The molecular weight excluding hydrogens is 218 g/mol. The average molecular weight is 245 g/mol. The van der Waals surface area contributed by atoms with Crippen LogP contribution < -0.4 is 10.6 Å². The van der Waals surface area contributed by atoms with Crippen LogP contribution in [0, 0.1) is 0 Å². The zero-order valence-electron chi connectivity index (χ0n) is 11.0. The van der Waals surface area contributed by atoms with Crippen LogP contribution in [-0.4, -0.2) is 37.6 Å². The number of hydrogen-bond acceptors (Lipinski definition) is 2. The lowest BCUT2D eigenvalue weighted by Gasteiger charge is -2.10. The van der Waals surface area contributed by atoms with Gasteiger partial charge in [-0.15, -0.1) is 0 Å². The molecule has 0 spiro atoms. The summed E-state index contributed by atoms with van der Waals surface area (Å²) in [6.45, 7) is 7.19. The number of thioether (sulfide) groups is 1. The molecule has 96 valence electrons. The molecule has 0 aromatic rings. The van der Waals surface area contributed by atoms with E-state index < -0.39 is 0 Å². The van der Waals surface area contributed by atoms with E-state index in [4.69, 9.17) is 0 Å². The Morgan fingerprint density at radius 2 is 1.94 bits per heavy atom. The molecule has 4 heteroatoms. The van der Waals surface area contributed by atoms with Crippen LogP contribution >= 0.6 is 11.8 Å². The first kappa shape index (κ1) is 15.6. The van der Waals surface area contributed by atoms with E-state index in [9.17, 15) is 0 Å². The Balaban J connectivity index is 3.66. The average Bonchev–Trinajstić information content (AvgIpc) is 2.29. The number of hydrogen-bond donors (Lipinski definition) is 2. The molecule has 0 aliphatic carbocycles. The number of guanidine groups is 1. The van der Waals surface area contributed by atoms with Gasteiger partial charge in [0.15, 0.2) is 5.96 Å². The van der Waals surface area contributed by atoms with Gasteiger partial charge in [0.2, 0.25) is 0 Å². The van der Waals surface area contributed by atoms with E-state index in [1.165, 1.54) is 25.7 Å². The Labute approximate surface area is 105 Å². The summed E-state index contributed by atoms with van der Waals surface area (Å²) in [5, 5.41) is 6.59. The van der Waals surface area contributed by atoms with Crippen LogP contribution in [0.25, 0.3) is 0 Å². The molecule has 0 saturated heterocycles. The maximum atomic E-state index is 4.54. The molecule has 0 radical (unpaired) electrons. The molecule has 0 amide bonds. The van der Waals surface area contributed by atoms with Gasteiger partial charge in [-0.05, 0) is 19.6 Å². The third kappa shape index (κ3) is 10.1. The number of nitrogens with one attached hydrogen (secondary N) is 2. The van der Waals surface area contributed by atoms with E-state index in [1.54, 1.807) is 0 Å². The number of rotatable bonds is 9. The molecule has 0 atom stereocenters. The molecule has 0 bridgehead atoms. The molecule has 0 fully saturated rings. The van der Waals surface area contributed by atoms with Gasteiger partial charge in [-0.2, -0.15) is 11.8 Å². The third-order valence-corrected chi connectivity index (χ3v) is 2.84. The van der Waals surface area contributed by atoms with Gasteiger partial charge in [0.25, 0.3) is 0 Å². The molecule has 2 N–H and O–H groups in total. The summed E-state index contributed by atoms with van der Waals surface area (Å²) in [6, 6.07) is 0. The lowest BCUT2D eigenvalue weighted by Crippen LogP contribution is -2.38. The smallest absolute Gasteiger partial charge is 0.191 e. The summed E-state index contributed by atoms with van der Waals surface area (Å²) >= 11 is 1.85. The van der Waals surface area contributed by atoms with Crippen LogP contribution in [0.2, 0.25) is 0 Å². The van der Waals surface area contributed by atoms with Crippen molar-refractivity contribution in [1.29, 1.82) is 0 Å². The first-order valence-electron chi connectivity index (χ1n) is 6.36. The quantitative estimate of drug-likeness (QED) is 0.372. The first-order valence-corrected chi connectivity index (χ1v) is 7.75. The van der Waals surface area contributed by atoms with E-state index in [0.717, 1.165) is 31.3 Å². The van der Waals surface area contributed by atoms with E-state index in [1.807, 2.05) is 11.8 Å². The van der Waals surface area contributed by atoms with Crippen molar-refractivity contribution >= 4 is 17.7 Å². The van der Waals surface area contributed by atoms with Gasteiger partial charge in [0.05, 0.1) is 0 Å². The number of unbranched alkanes of at least 4 members (excludes halogenated alkanes) is 3. The second-order valence-corrected chi connectivity index (χ2v) is 4.73. The summed E-state index contributed by atoms with van der Waals surface area (Å²) in [6.07, 6.45) is 7.23. The monoisotopic (exact) mass is 245 g/mol. The Hall–Kier alpha value is -0.380. The molecule has 0 unspecified atom stereocenters. The molecule has 0 aliphatic heterocycles. The maximum Gasteiger partial charge on any atom is 0.191 e. The highest BCUT2D eigenvalue weighted by Gasteiger charge is 1.95. The van der Waals surface area contributed by atoms with E-state index in [0.29, 0.717) is 0 Å². The fourth-order valence-corrected chi connectivity index (χ4v) is 1.65. The Morgan fingerprint density at radius 3 is 2.56 bits per heavy atom. The van der Waals surface area contributed by atoms with Gasteiger partial charge in [0.1, 0.15) is 0 Å². The van der Waals surface area contributed by atoms with Crippen molar-refractivity contribution in [1.82, 2.24) is 10.6 Å². The summed E-state index contributed by atoms with van der Waals surface area (Å²) in [5.41, 5.74) is 0. The molecule has 0 rings (SSSR count). The van der Waals surface area contributed by atoms with Gasteiger partial charge in [-0.3, -0.25) is 4.99 Å². The second-order valence-electron chi connectivity index (χ2n) is 3.74. The topological polar surface area (TPSA) is 36.4 Å². The van der Waals surface area contributed by atoms with E-state index >= 15 is 0 Å². The van der Waals surface area contributed by atoms with Crippen LogP contribution in [0.4, 0.5) is 0 Å². The minimum Gasteiger partial charge on any atom is -0.357 e. The van der Waals surface area contributed by atoms with Crippen LogP contribution in [-0.2, 0) is 0 Å². The molecule has 0 aromatic carbocycles. The minimum absolute atomic E-state index is 0.931. The predicted molar refractivity (Wildman–Crippen MR) is 76.5 cm³/mol. The largest absolute Gasteiger partial charge is 0.357 e. The lowest BCUT2D eigenvalue weighted by atomic mass is 10.2. The van der Waals surface area contributed by atoms with Crippen LogP contribution in [0.1, 0.15) is 39.5 Å². The summed E-state index contributed by atoms with van der Waals surface area (Å²) in [7, 11) is 0. The highest BCUT2D eigenvalue weighted by molar-refractivity contribution is 7.98. The maximum absolute atomic E-state index is 4.54. The standard InChI is InChI=1S/C12H27N3S/c1-4-6-7-8-9-14-12(13-5-2)15-10-11-16-3/h4-11H2,1-3H3,(H2,13,14,15). The van der Waals surface area contributed by atoms with Gasteiger partial charge < -0.3 is 10.6 Å². The second kappa shape index (κ2) is 12.7. The zero-order valence-corrected chi connectivity index (χ0v) is 11.8. The van der Waals surface area contributed by atoms with E-state index in [2.05, 4.69) is 35.7 Å². The SMILES string of the molecule is CCCCCCN=C(NCC)NCCSC. The van der Waals surface area contributed by atoms with Crippen molar-refractivity contribution in [3.63, 3.8) is 0 Å². The van der Waals surface area contributed by atoms with Crippen molar-refractivity contribution in [3.05, 3.63) is 0 Å². The Kier molecular flexibility index (Phi) is 12.4. The highest BCUT2D eigenvalue weighted by atomic mass is 32.2. The van der Waals surface area contributed by atoms with Gasteiger partial charge in [-0.1, -0.05) is 26.2 Å². The minimum atomic E-state index is 0.931. The zero-order chi connectivity index (χ0) is 12.1. The fourth-order valence-electron chi connectivity index (χ4n) is 1.34. The summed E-state index contributed by atoms with van der Waals surface area (Å²) in [4.78, 5) is 4.54. The molecule has 3 nitrogen and oxygen atoms in total. The summed E-state index contributed by atoms with van der Waals surface area (Å²) < 4.78 is 0. The van der Waals surface area contributed by atoms with Crippen LogP contribution in [0.15, 0.2) is 4.99 Å². The van der Waals surface area contributed by atoms with Crippen molar-refractivity contribution in [2.24, 2.45) is 4.99 Å². The number of aliphatic imine (C=N–C) groups is 1. The fraction of sp³-hybridized carbons (Fsp3) is 0.917. The van der Waals surface area contributed by atoms with Gasteiger partial charge >= 0.3 is 0 Å². The van der Waals surface area contributed by atoms with E-state index in [-0.39, 0.29) is 0 Å². The van der Waals surface area contributed by atoms with Gasteiger partial charge in [-0.25, -0.2) is 0 Å². The first-order chi connectivity index (χ1) is 7.85. The van der Waals surface area contributed by atoms with Crippen molar-refractivity contribution in [2.75, 3.05) is 31.6 Å². The normalized spacial score (nSPS) is 11.6. The molecule has 16 heavy (non-hydrogen) atoms. The Morgan fingerprint density at radius 1 is 1.12 bits per heavy atom. The third-order valence-electron chi connectivity index (χ3n) is 2.22.